The van der Waals surface area contributed by atoms with Gasteiger partial charge in [0, 0.05) is 36.5 Å². The van der Waals surface area contributed by atoms with Gasteiger partial charge in [-0.25, -0.2) is 4.79 Å². The summed E-state index contributed by atoms with van der Waals surface area (Å²) < 4.78 is 7.36. The lowest BCUT2D eigenvalue weighted by atomic mass is 10.1. The number of aryl methyl sites for hydroxylation is 1. The Morgan fingerprint density at radius 3 is 2.81 bits per heavy atom. The Balaban J connectivity index is 1.41. The van der Waals surface area contributed by atoms with Crippen LogP contribution < -0.4 is 15.4 Å². The van der Waals surface area contributed by atoms with E-state index in [2.05, 4.69) is 15.7 Å². The fourth-order valence-electron chi connectivity index (χ4n) is 3.17. The summed E-state index contributed by atoms with van der Waals surface area (Å²) in [5.41, 5.74) is 3.89. The molecule has 1 aromatic heterocycles. The second kappa shape index (κ2) is 6.92. The summed E-state index contributed by atoms with van der Waals surface area (Å²) >= 11 is 0. The van der Waals surface area contributed by atoms with Crippen LogP contribution in [-0.4, -0.2) is 22.4 Å². The maximum atomic E-state index is 12.3. The number of nitrogens with zero attached hydrogens (tertiary/aromatic N) is 2. The van der Waals surface area contributed by atoms with Crippen molar-refractivity contribution in [1.82, 2.24) is 20.4 Å². The Bertz CT molecular complexity index is 921. The Morgan fingerprint density at radius 2 is 1.96 bits per heavy atom. The van der Waals surface area contributed by atoms with E-state index in [-0.39, 0.29) is 12.1 Å². The van der Waals surface area contributed by atoms with E-state index in [1.54, 1.807) is 4.68 Å². The van der Waals surface area contributed by atoms with E-state index in [4.69, 9.17) is 4.74 Å². The van der Waals surface area contributed by atoms with E-state index in [1.165, 1.54) is 0 Å². The third kappa shape index (κ3) is 3.26. The fourth-order valence-corrected chi connectivity index (χ4v) is 3.17. The number of hydrogen-bond acceptors (Lipinski definition) is 3. The number of hydrogen-bond donors (Lipinski definition) is 2. The molecule has 1 unspecified atom stereocenters. The van der Waals surface area contributed by atoms with Crippen LogP contribution in [0.1, 0.15) is 17.2 Å². The monoisotopic (exact) mass is 348 g/mol. The molecule has 0 saturated carbocycles. The first kappa shape index (κ1) is 16.2. The van der Waals surface area contributed by atoms with Gasteiger partial charge in [0.05, 0.1) is 11.7 Å². The van der Waals surface area contributed by atoms with Crippen LogP contribution in [0.3, 0.4) is 0 Å². The van der Waals surface area contributed by atoms with Crippen LogP contribution in [0.4, 0.5) is 4.79 Å². The van der Waals surface area contributed by atoms with E-state index in [9.17, 15) is 4.79 Å². The number of rotatable bonds is 4. The molecule has 1 aliphatic rings. The van der Waals surface area contributed by atoms with Gasteiger partial charge >= 0.3 is 6.03 Å². The number of benzene rings is 2. The zero-order valence-electron chi connectivity index (χ0n) is 14.5. The summed E-state index contributed by atoms with van der Waals surface area (Å²) in [6, 6.07) is 17.4. The first-order valence-electron chi connectivity index (χ1n) is 8.55. The highest BCUT2D eigenvalue weighted by Crippen LogP contribution is 2.31. The molecule has 0 fully saturated rings. The van der Waals surface area contributed by atoms with Gasteiger partial charge in [-0.1, -0.05) is 48.5 Å². The van der Waals surface area contributed by atoms with Gasteiger partial charge in [0.25, 0.3) is 0 Å². The third-order valence-electron chi connectivity index (χ3n) is 4.40. The molecule has 0 bridgehead atoms. The Kier molecular flexibility index (Phi) is 4.31. The largest absolute Gasteiger partial charge is 0.491 e. The number of aromatic nitrogens is 2. The van der Waals surface area contributed by atoms with E-state index in [1.807, 2.05) is 67.8 Å². The van der Waals surface area contributed by atoms with Gasteiger partial charge in [-0.05, 0) is 6.07 Å². The van der Waals surface area contributed by atoms with Crippen LogP contribution in [0.15, 0.2) is 60.8 Å². The molecule has 0 saturated heterocycles. The lowest BCUT2D eigenvalue weighted by Gasteiger charge is -2.13. The molecule has 0 aliphatic carbocycles. The average molecular weight is 348 g/mol. The number of amides is 2. The second-order valence-electron chi connectivity index (χ2n) is 6.27. The minimum absolute atomic E-state index is 0.131. The highest BCUT2D eigenvalue weighted by atomic mass is 16.5. The van der Waals surface area contributed by atoms with Gasteiger partial charge in [-0.15, -0.1) is 0 Å². The predicted molar refractivity (Wildman–Crippen MR) is 98.7 cm³/mol. The lowest BCUT2D eigenvalue weighted by molar-refractivity contribution is 0.231. The van der Waals surface area contributed by atoms with Crippen molar-refractivity contribution in [2.45, 2.75) is 12.6 Å². The summed E-state index contributed by atoms with van der Waals surface area (Å²) in [6.07, 6.45) is 1.93. The second-order valence-corrected chi connectivity index (χ2v) is 6.27. The van der Waals surface area contributed by atoms with Crippen molar-refractivity contribution >= 4 is 6.03 Å². The van der Waals surface area contributed by atoms with E-state index in [0.29, 0.717) is 13.2 Å². The van der Waals surface area contributed by atoms with Gasteiger partial charge in [-0.2, -0.15) is 5.10 Å². The van der Waals surface area contributed by atoms with Gasteiger partial charge < -0.3 is 15.4 Å². The number of fused-ring (bicyclic) bond motifs is 1. The molecule has 2 amide bonds. The van der Waals surface area contributed by atoms with Crippen LogP contribution in [0.2, 0.25) is 0 Å². The van der Waals surface area contributed by atoms with Crippen molar-refractivity contribution in [3.63, 3.8) is 0 Å². The van der Waals surface area contributed by atoms with E-state index in [0.717, 1.165) is 28.1 Å². The van der Waals surface area contributed by atoms with Gasteiger partial charge in [-0.3, -0.25) is 4.68 Å². The minimum Gasteiger partial charge on any atom is -0.491 e. The zero-order valence-corrected chi connectivity index (χ0v) is 14.5. The number of para-hydroxylation sites is 1. The van der Waals surface area contributed by atoms with Crippen molar-refractivity contribution in [3.8, 4) is 17.0 Å². The van der Waals surface area contributed by atoms with E-state index < -0.39 is 0 Å². The number of carbonyl (C=O) groups is 1. The highest BCUT2D eigenvalue weighted by Gasteiger charge is 2.25. The first-order chi connectivity index (χ1) is 12.7. The third-order valence-corrected chi connectivity index (χ3v) is 4.40. The lowest BCUT2D eigenvalue weighted by Crippen LogP contribution is -2.38. The number of ether oxygens (including phenoxy) is 1. The Morgan fingerprint density at radius 1 is 1.19 bits per heavy atom. The van der Waals surface area contributed by atoms with Crippen LogP contribution in [-0.2, 0) is 13.6 Å². The SMILES string of the molecule is Cn1cc(CNC(=O)NC2COc3ccccc32)c(-c2ccccc2)n1. The molecule has 6 nitrogen and oxygen atoms in total. The molecule has 26 heavy (non-hydrogen) atoms. The van der Waals surface area contributed by atoms with Gasteiger partial charge in [0.1, 0.15) is 12.4 Å². The van der Waals surface area contributed by atoms with Crippen LogP contribution in [0.25, 0.3) is 11.3 Å². The van der Waals surface area contributed by atoms with Crippen molar-refractivity contribution in [2.75, 3.05) is 6.61 Å². The maximum Gasteiger partial charge on any atom is 0.315 e. The number of urea groups is 1. The molecular weight excluding hydrogens is 328 g/mol. The van der Waals surface area contributed by atoms with Crippen LogP contribution >= 0.6 is 0 Å². The van der Waals surface area contributed by atoms with Crippen LogP contribution in [0, 0.1) is 0 Å². The minimum atomic E-state index is -0.224. The summed E-state index contributed by atoms with van der Waals surface area (Å²) in [4.78, 5) is 12.3. The molecule has 2 N–H and O–H groups in total. The van der Waals surface area contributed by atoms with Gasteiger partial charge in [0.15, 0.2) is 0 Å². The van der Waals surface area contributed by atoms with Crippen molar-refractivity contribution in [1.29, 1.82) is 0 Å². The quantitative estimate of drug-likeness (QED) is 0.761. The summed E-state index contributed by atoms with van der Waals surface area (Å²) in [7, 11) is 1.88. The number of nitrogens with one attached hydrogen (secondary N) is 2. The molecule has 1 atom stereocenters. The maximum absolute atomic E-state index is 12.3. The average Bonchev–Trinajstić information content (AvgIpc) is 3.24. The predicted octanol–water partition coefficient (Wildman–Crippen LogP) is 3.02. The molecule has 6 heteroatoms. The normalized spacial score (nSPS) is 15.2. The standard InChI is InChI=1S/C20H20N4O2/c1-24-12-15(19(23-24)14-7-3-2-4-8-14)11-21-20(25)22-17-13-26-18-10-6-5-9-16(17)18/h2-10,12,17H,11,13H2,1H3,(H2,21,22,25). The highest BCUT2D eigenvalue weighted by molar-refractivity contribution is 5.75. The first-order valence-corrected chi connectivity index (χ1v) is 8.55. The molecule has 2 aromatic carbocycles. The summed E-state index contributed by atoms with van der Waals surface area (Å²) in [5, 5.41) is 10.4. The molecule has 2 heterocycles. The van der Waals surface area contributed by atoms with Crippen molar-refractivity contribution < 1.29 is 9.53 Å². The molecular formula is C20H20N4O2. The molecule has 1 aliphatic heterocycles. The molecule has 0 spiro atoms. The van der Waals surface area contributed by atoms with Gasteiger partial charge in [0.2, 0.25) is 0 Å². The van der Waals surface area contributed by atoms with Crippen LogP contribution in [0.5, 0.6) is 5.75 Å². The number of carbonyl (C=O) groups excluding carboxylic acids is 1. The van der Waals surface area contributed by atoms with Crippen molar-refractivity contribution in [3.05, 3.63) is 71.9 Å². The Labute approximate surface area is 151 Å². The molecule has 3 aromatic rings. The smallest absolute Gasteiger partial charge is 0.315 e. The Hall–Kier alpha value is -3.28. The van der Waals surface area contributed by atoms with E-state index >= 15 is 0 Å². The zero-order chi connectivity index (χ0) is 17.9. The molecule has 4 rings (SSSR count). The van der Waals surface area contributed by atoms with Crippen molar-refractivity contribution in [2.24, 2.45) is 7.05 Å². The summed E-state index contributed by atoms with van der Waals surface area (Å²) in [5.74, 6) is 0.830. The molecule has 0 radical (unpaired) electrons. The molecule has 132 valence electrons. The summed E-state index contributed by atoms with van der Waals surface area (Å²) in [6.45, 7) is 0.855. The fraction of sp³-hybridized carbons (Fsp3) is 0.200. The topological polar surface area (TPSA) is 68.2 Å².